The number of aliphatic carboxylic acids is 1. The fraction of sp³-hybridized carbons (Fsp3) is 0.500. The summed E-state index contributed by atoms with van der Waals surface area (Å²) in [7, 11) is 1.57. The van der Waals surface area contributed by atoms with Crippen molar-refractivity contribution in [3.05, 3.63) is 24.3 Å². The van der Waals surface area contributed by atoms with Crippen LogP contribution in [-0.2, 0) is 9.59 Å². The van der Waals surface area contributed by atoms with Crippen LogP contribution in [-0.4, -0.2) is 36.2 Å². The molecule has 1 aromatic rings. The minimum absolute atomic E-state index is 0.103. The van der Waals surface area contributed by atoms with Crippen LogP contribution in [0, 0.1) is 0 Å². The summed E-state index contributed by atoms with van der Waals surface area (Å²) in [4.78, 5) is 23.0. The minimum atomic E-state index is -0.930. The number of nitrogens with one attached hydrogen (secondary N) is 1. The predicted octanol–water partition coefficient (Wildman–Crippen LogP) is 2.22. The molecule has 0 aliphatic rings. The second-order valence-corrected chi connectivity index (χ2v) is 5.07. The first-order valence-corrected chi connectivity index (χ1v) is 7.24. The lowest BCUT2D eigenvalue weighted by molar-refractivity contribution is -0.139. The minimum Gasteiger partial charge on any atom is -0.497 e. The summed E-state index contributed by atoms with van der Waals surface area (Å²) in [6.07, 6.45) is 0.989. The van der Waals surface area contributed by atoms with Crippen LogP contribution in [0.2, 0.25) is 0 Å². The summed E-state index contributed by atoms with van der Waals surface area (Å²) >= 11 is 0. The van der Waals surface area contributed by atoms with Crippen molar-refractivity contribution in [2.24, 2.45) is 0 Å². The van der Waals surface area contributed by atoms with Gasteiger partial charge in [0, 0.05) is 0 Å². The third kappa shape index (κ3) is 5.27. The molecule has 1 rings (SSSR count). The first-order chi connectivity index (χ1) is 10.4. The molecule has 0 aliphatic carbocycles. The molecule has 2 N–H and O–H groups in total. The Labute approximate surface area is 130 Å². The fourth-order valence-corrected chi connectivity index (χ4v) is 2.16. The third-order valence-corrected chi connectivity index (χ3v) is 3.68. The second-order valence-electron chi connectivity index (χ2n) is 5.07. The average molecular weight is 309 g/mol. The number of hydrogen-bond acceptors (Lipinski definition) is 4. The zero-order valence-electron chi connectivity index (χ0n) is 13.2. The van der Waals surface area contributed by atoms with E-state index >= 15 is 0 Å². The lowest BCUT2D eigenvalue weighted by Gasteiger charge is -2.31. The second kappa shape index (κ2) is 8.26. The van der Waals surface area contributed by atoms with Gasteiger partial charge in [0.15, 0.2) is 6.61 Å². The number of benzene rings is 1. The van der Waals surface area contributed by atoms with Gasteiger partial charge in [0.1, 0.15) is 11.5 Å². The van der Waals surface area contributed by atoms with Crippen molar-refractivity contribution in [1.29, 1.82) is 0 Å². The Kier molecular flexibility index (Phi) is 6.69. The first-order valence-electron chi connectivity index (χ1n) is 7.24. The lowest BCUT2D eigenvalue weighted by Crippen LogP contribution is -2.50. The van der Waals surface area contributed by atoms with E-state index in [4.69, 9.17) is 14.6 Å². The predicted molar refractivity (Wildman–Crippen MR) is 82.2 cm³/mol. The standard InChI is InChI=1S/C16H23NO5/c1-4-16(5-2,10-15(19)20)17-14(18)11-22-13-8-6-12(21-3)7-9-13/h6-9H,4-5,10-11H2,1-3H3,(H,17,18)(H,19,20). The van der Waals surface area contributed by atoms with E-state index in [-0.39, 0.29) is 18.9 Å². The number of carboxylic acids is 1. The summed E-state index contributed by atoms with van der Waals surface area (Å²) < 4.78 is 10.4. The van der Waals surface area contributed by atoms with Gasteiger partial charge in [-0.2, -0.15) is 0 Å². The Balaban J connectivity index is 2.57. The van der Waals surface area contributed by atoms with Crippen molar-refractivity contribution >= 4 is 11.9 Å². The quantitative estimate of drug-likeness (QED) is 0.730. The molecule has 0 aromatic heterocycles. The van der Waals surface area contributed by atoms with E-state index < -0.39 is 11.5 Å². The lowest BCUT2D eigenvalue weighted by atomic mass is 9.89. The maximum Gasteiger partial charge on any atom is 0.305 e. The highest BCUT2D eigenvalue weighted by Crippen LogP contribution is 2.20. The number of carboxylic acid groups (broad SMARTS) is 1. The van der Waals surface area contributed by atoms with E-state index in [2.05, 4.69) is 5.32 Å². The highest BCUT2D eigenvalue weighted by molar-refractivity contribution is 5.79. The van der Waals surface area contributed by atoms with Gasteiger partial charge in [0.25, 0.3) is 5.91 Å². The van der Waals surface area contributed by atoms with E-state index in [0.717, 1.165) is 0 Å². The van der Waals surface area contributed by atoms with Crippen LogP contribution in [0.5, 0.6) is 11.5 Å². The number of carbonyl (C=O) groups is 2. The van der Waals surface area contributed by atoms with E-state index in [1.54, 1.807) is 31.4 Å². The Morgan fingerprint density at radius 1 is 1.14 bits per heavy atom. The molecule has 22 heavy (non-hydrogen) atoms. The Hall–Kier alpha value is -2.24. The number of amides is 1. The molecule has 0 fully saturated rings. The van der Waals surface area contributed by atoms with E-state index in [1.807, 2.05) is 13.8 Å². The monoisotopic (exact) mass is 309 g/mol. The number of rotatable bonds is 9. The molecule has 1 aromatic carbocycles. The van der Waals surface area contributed by atoms with Gasteiger partial charge in [-0.3, -0.25) is 9.59 Å². The van der Waals surface area contributed by atoms with Gasteiger partial charge < -0.3 is 19.9 Å². The van der Waals surface area contributed by atoms with Crippen LogP contribution in [0.1, 0.15) is 33.1 Å². The van der Waals surface area contributed by atoms with Crippen LogP contribution in [0.4, 0.5) is 0 Å². The van der Waals surface area contributed by atoms with Gasteiger partial charge in [-0.25, -0.2) is 0 Å². The molecule has 0 heterocycles. The molecule has 0 unspecified atom stereocenters. The molecular formula is C16H23NO5. The SMILES string of the molecule is CCC(CC)(CC(=O)O)NC(=O)COc1ccc(OC)cc1. The number of ether oxygens (including phenoxy) is 2. The summed E-state index contributed by atoms with van der Waals surface area (Å²) in [6.45, 7) is 3.56. The molecule has 0 bridgehead atoms. The largest absolute Gasteiger partial charge is 0.497 e. The van der Waals surface area contributed by atoms with Crippen LogP contribution in [0.3, 0.4) is 0 Å². The molecule has 0 atom stereocenters. The maximum atomic E-state index is 12.0. The van der Waals surface area contributed by atoms with Crippen molar-refractivity contribution in [3.63, 3.8) is 0 Å². The molecule has 6 heteroatoms. The van der Waals surface area contributed by atoms with E-state index in [0.29, 0.717) is 24.3 Å². The third-order valence-electron chi connectivity index (χ3n) is 3.68. The average Bonchev–Trinajstić information content (AvgIpc) is 2.52. The molecule has 0 saturated heterocycles. The van der Waals surface area contributed by atoms with Gasteiger partial charge >= 0.3 is 5.97 Å². The van der Waals surface area contributed by atoms with Gasteiger partial charge in [-0.05, 0) is 37.1 Å². The van der Waals surface area contributed by atoms with Crippen molar-refractivity contribution in [2.45, 2.75) is 38.6 Å². The summed E-state index contributed by atoms with van der Waals surface area (Å²) in [5.74, 6) is -0.0112. The zero-order chi connectivity index (χ0) is 16.6. The normalized spacial score (nSPS) is 10.9. The Bertz CT molecular complexity index is 494. The number of methoxy groups -OCH3 is 1. The molecule has 0 radical (unpaired) electrons. The van der Waals surface area contributed by atoms with Crippen molar-refractivity contribution in [2.75, 3.05) is 13.7 Å². The molecule has 0 saturated carbocycles. The van der Waals surface area contributed by atoms with Gasteiger partial charge in [-0.1, -0.05) is 13.8 Å². The van der Waals surface area contributed by atoms with Crippen LogP contribution in [0.25, 0.3) is 0 Å². The van der Waals surface area contributed by atoms with Crippen molar-refractivity contribution in [3.8, 4) is 11.5 Å². The summed E-state index contributed by atoms with van der Waals surface area (Å²) in [6, 6.07) is 6.88. The van der Waals surface area contributed by atoms with E-state index in [9.17, 15) is 9.59 Å². The Morgan fingerprint density at radius 2 is 1.68 bits per heavy atom. The van der Waals surface area contributed by atoms with Crippen molar-refractivity contribution in [1.82, 2.24) is 5.32 Å². The molecular weight excluding hydrogens is 286 g/mol. The van der Waals surface area contributed by atoms with Crippen LogP contribution >= 0.6 is 0 Å². The highest BCUT2D eigenvalue weighted by Gasteiger charge is 2.30. The van der Waals surface area contributed by atoms with Crippen molar-refractivity contribution < 1.29 is 24.2 Å². The fourth-order valence-electron chi connectivity index (χ4n) is 2.16. The molecule has 0 aliphatic heterocycles. The maximum absolute atomic E-state index is 12.0. The smallest absolute Gasteiger partial charge is 0.305 e. The number of carbonyl (C=O) groups excluding carboxylic acids is 1. The molecule has 0 spiro atoms. The summed E-state index contributed by atoms with van der Waals surface area (Å²) in [5, 5.41) is 11.8. The molecule has 6 nitrogen and oxygen atoms in total. The zero-order valence-corrected chi connectivity index (χ0v) is 13.2. The van der Waals surface area contributed by atoms with Crippen LogP contribution < -0.4 is 14.8 Å². The van der Waals surface area contributed by atoms with Gasteiger partial charge in [0.05, 0.1) is 19.1 Å². The first kappa shape index (κ1) is 17.8. The number of hydrogen-bond donors (Lipinski definition) is 2. The summed E-state index contributed by atoms with van der Waals surface area (Å²) in [5.41, 5.74) is -0.730. The van der Waals surface area contributed by atoms with E-state index in [1.165, 1.54) is 0 Å². The Morgan fingerprint density at radius 3 is 2.14 bits per heavy atom. The van der Waals surface area contributed by atoms with Crippen LogP contribution in [0.15, 0.2) is 24.3 Å². The molecule has 122 valence electrons. The van der Waals surface area contributed by atoms with Gasteiger partial charge in [0.2, 0.25) is 0 Å². The molecule has 1 amide bonds. The topological polar surface area (TPSA) is 84.9 Å². The van der Waals surface area contributed by atoms with Gasteiger partial charge in [-0.15, -0.1) is 0 Å². The highest BCUT2D eigenvalue weighted by atomic mass is 16.5.